The van der Waals surface area contributed by atoms with Crippen LogP contribution in [-0.2, 0) is 4.79 Å². The zero-order valence-corrected chi connectivity index (χ0v) is 14.4. The molecule has 1 saturated carbocycles. The number of ether oxygens (including phenoxy) is 1. The van der Waals surface area contributed by atoms with Crippen LogP contribution in [0.25, 0.3) is 0 Å². The van der Waals surface area contributed by atoms with Crippen molar-refractivity contribution in [2.75, 3.05) is 11.6 Å². The van der Waals surface area contributed by atoms with Gasteiger partial charge in [-0.2, -0.15) is 5.10 Å². The van der Waals surface area contributed by atoms with E-state index in [-0.39, 0.29) is 5.91 Å². The van der Waals surface area contributed by atoms with Gasteiger partial charge < -0.3 is 10.1 Å². The minimum atomic E-state index is -0.587. The maximum absolute atomic E-state index is 12.3. The van der Waals surface area contributed by atoms with Crippen molar-refractivity contribution < 1.29 is 9.53 Å². The number of anilines is 1. The van der Waals surface area contributed by atoms with Gasteiger partial charge in [0.1, 0.15) is 5.75 Å². The first-order chi connectivity index (χ1) is 11.1. The average molecular weight is 331 g/mol. The van der Waals surface area contributed by atoms with Crippen molar-refractivity contribution in [3.8, 4) is 5.75 Å². The SMILES string of the molecule is CSc1ccc(O[C@@H](C)C(=O)Nc2n[nH]c(C3CC3)c2C)cc1. The number of carbonyl (C=O) groups is 1. The van der Waals surface area contributed by atoms with Gasteiger partial charge in [0.2, 0.25) is 0 Å². The van der Waals surface area contributed by atoms with Gasteiger partial charge in [-0.25, -0.2) is 0 Å². The summed E-state index contributed by atoms with van der Waals surface area (Å²) in [5, 5.41) is 10.1. The second kappa shape index (κ2) is 6.66. The van der Waals surface area contributed by atoms with E-state index >= 15 is 0 Å². The van der Waals surface area contributed by atoms with Crippen molar-refractivity contribution >= 4 is 23.5 Å². The third-order valence-corrected chi connectivity index (χ3v) is 4.76. The van der Waals surface area contributed by atoms with Crippen LogP contribution in [-0.4, -0.2) is 28.5 Å². The summed E-state index contributed by atoms with van der Waals surface area (Å²) in [5.41, 5.74) is 2.17. The molecule has 0 spiro atoms. The van der Waals surface area contributed by atoms with Crippen molar-refractivity contribution in [3.63, 3.8) is 0 Å². The van der Waals surface area contributed by atoms with Crippen LogP contribution in [0.5, 0.6) is 5.75 Å². The first-order valence-corrected chi connectivity index (χ1v) is 8.97. The molecule has 0 unspecified atom stereocenters. The van der Waals surface area contributed by atoms with Gasteiger partial charge in [-0.3, -0.25) is 9.89 Å². The number of thioether (sulfide) groups is 1. The van der Waals surface area contributed by atoms with Crippen LogP contribution in [0, 0.1) is 6.92 Å². The molecule has 1 aliphatic carbocycles. The number of H-pyrrole nitrogens is 1. The third kappa shape index (κ3) is 3.69. The molecular weight excluding hydrogens is 310 g/mol. The molecule has 0 bridgehead atoms. The van der Waals surface area contributed by atoms with Crippen molar-refractivity contribution in [1.82, 2.24) is 10.2 Å². The highest BCUT2D eigenvalue weighted by molar-refractivity contribution is 7.98. The molecule has 1 amide bonds. The van der Waals surface area contributed by atoms with E-state index in [0.717, 1.165) is 16.2 Å². The van der Waals surface area contributed by atoms with Crippen molar-refractivity contribution in [2.45, 2.75) is 43.6 Å². The van der Waals surface area contributed by atoms with Gasteiger partial charge >= 0.3 is 0 Å². The highest BCUT2D eigenvalue weighted by atomic mass is 32.2. The standard InChI is InChI=1S/C17H21N3O2S/c1-10-15(12-4-5-12)19-20-16(10)18-17(21)11(2)22-13-6-8-14(23-3)9-7-13/h6-9,11-12H,4-5H2,1-3H3,(H2,18,19,20,21)/t11-/m0/s1. The lowest BCUT2D eigenvalue weighted by Crippen LogP contribution is -2.30. The number of carbonyl (C=O) groups excluding carboxylic acids is 1. The monoisotopic (exact) mass is 331 g/mol. The summed E-state index contributed by atoms with van der Waals surface area (Å²) in [4.78, 5) is 13.5. The first-order valence-electron chi connectivity index (χ1n) is 7.75. The van der Waals surface area contributed by atoms with E-state index in [1.165, 1.54) is 12.8 Å². The Morgan fingerprint density at radius 1 is 1.39 bits per heavy atom. The Balaban J connectivity index is 1.60. The van der Waals surface area contributed by atoms with Crippen LogP contribution in [0.15, 0.2) is 29.2 Å². The van der Waals surface area contributed by atoms with Gasteiger partial charge in [-0.1, -0.05) is 0 Å². The Labute approximate surface area is 140 Å². The summed E-state index contributed by atoms with van der Waals surface area (Å²) in [5.74, 6) is 1.67. The molecule has 3 rings (SSSR count). The topological polar surface area (TPSA) is 67.0 Å². The van der Waals surface area contributed by atoms with Crippen LogP contribution in [0.4, 0.5) is 5.82 Å². The summed E-state index contributed by atoms with van der Waals surface area (Å²) >= 11 is 1.67. The summed E-state index contributed by atoms with van der Waals surface area (Å²) in [7, 11) is 0. The quantitative estimate of drug-likeness (QED) is 0.792. The molecule has 122 valence electrons. The van der Waals surface area contributed by atoms with Gasteiger partial charge in [-0.15, -0.1) is 11.8 Å². The normalized spacial score (nSPS) is 15.3. The summed E-state index contributed by atoms with van der Waals surface area (Å²) in [6, 6.07) is 7.70. The predicted octanol–water partition coefficient (Wildman–Crippen LogP) is 3.72. The van der Waals surface area contributed by atoms with Gasteiger partial charge in [-0.05, 0) is 57.2 Å². The summed E-state index contributed by atoms with van der Waals surface area (Å²) in [6.07, 6.45) is 3.83. The van der Waals surface area contributed by atoms with E-state index in [2.05, 4.69) is 15.5 Å². The lowest BCUT2D eigenvalue weighted by Gasteiger charge is -2.14. The Morgan fingerprint density at radius 3 is 2.70 bits per heavy atom. The van der Waals surface area contributed by atoms with Gasteiger partial charge in [0.25, 0.3) is 5.91 Å². The lowest BCUT2D eigenvalue weighted by atomic mass is 10.2. The second-order valence-electron chi connectivity index (χ2n) is 5.81. The number of nitrogens with zero attached hydrogens (tertiary/aromatic N) is 1. The molecule has 5 nitrogen and oxygen atoms in total. The lowest BCUT2D eigenvalue weighted by molar-refractivity contribution is -0.122. The number of amides is 1. The minimum absolute atomic E-state index is 0.198. The number of benzene rings is 1. The number of aromatic amines is 1. The van der Waals surface area contributed by atoms with Crippen LogP contribution >= 0.6 is 11.8 Å². The van der Waals surface area contributed by atoms with E-state index in [4.69, 9.17) is 4.74 Å². The Morgan fingerprint density at radius 2 is 2.09 bits per heavy atom. The third-order valence-electron chi connectivity index (χ3n) is 4.02. The second-order valence-corrected chi connectivity index (χ2v) is 6.69. The molecule has 1 heterocycles. The van der Waals surface area contributed by atoms with Crippen LogP contribution in [0.3, 0.4) is 0 Å². The van der Waals surface area contributed by atoms with Crippen molar-refractivity contribution in [3.05, 3.63) is 35.5 Å². The molecular formula is C17H21N3O2S. The summed E-state index contributed by atoms with van der Waals surface area (Å²) < 4.78 is 5.70. The maximum Gasteiger partial charge on any atom is 0.266 e. The van der Waals surface area contributed by atoms with E-state index in [1.54, 1.807) is 18.7 Å². The molecule has 0 saturated heterocycles. The van der Waals surface area contributed by atoms with Crippen molar-refractivity contribution in [1.29, 1.82) is 0 Å². The molecule has 1 aromatic heterocycles. The number of rotatable bonds is 6. The highest BCUT2D eigenvalue weighted by Crippen LogP contribution is 2.41. The Hall–Kier alpha value is -1.95. The summed E-state index contributed by atoms with van der Waals surface area (Å²) in [6.45, 7) is 3.72. The smallest absolute Gasteiger partial charge is 0.266 e. The largest absolute Gasteiger partial charge is 0.481 e. The number of hydrogen-bond acceptors (Lipinski definition) is 4. The fraction of sp³-hybridized carbons (Fsp3) is 0.412. The fourth-order valence-electron chi connectivity index (χ4n) is 2.43. The molecule has 1 aliphatic rings. The average Bonchev–Trinajstić information content (AvgIpc) is 3.33. The zero-order valence-electron chi connectivity index (χ0n) is 13.6. The molecule has 1 atom stereocenters. The van der Waals surface area contributed by atoms with Crippen LogP contribution in [0.2, 0.25) is 0 Å². The highest BCUT2D eigenvalue weighted by Gasteiger charge is 2.29. The number of hydrogen-bond donors (Lipinski definition) is 2. The van der Waals surface area contributed by atoms with Gasteiger partial charge in [0.15, 0.2) is 11.9 Å². The zero-order chi connectivity index (χ0) is 16.4. The van der Waals surface area contributed by atoms with Crippen LogP contribution in [0.1, 0.15) is 36.9 Å². The minimum Gasteiger partial charge on any atom is -0.481 e. The van der Waals surface area contributed by atoms with E-state index in [9.17, 15) is 4.79 Å². The molecule has 0 radical (unpaired) electrons. The fourth-order valence-corrected chi connectivity index (χ4v) is 2.84. The number of nitrogens with one attached hydrogen (secondary N) is 2. The maximum atomic E-state index is 12.3. The molecule has 23 heavy (non-hydrogen) atoms. The van der Waals surface area contributed by atoms with E-state index in [0.29, 0.717) is 17.5 Å². The molecule has 2 aromatic rings. The Kier molecular flexibility index (Phi) is 4.61. The molecule has 6 heteroatoms. The van der Waals surface area contributed by atoms with Gasteiger partial charge in [0.05, 0.1) is 0 Å². The van der Waals surface area contributed by atoms with Crippen LogP contribution < -0.4 is 10.1 Å². The van der Waals surface area contributed by atoms with E-state index in [1.807, 2.05) is 37.4 Å². The molecule has 1 aromatic carbocycles. The molecule has 1 fully saturated rings. The molecule has 2 N–H and O–H groups in total. The number of aromatic nitrogens is 2. The first kappa shape index (κ1) is 15.9. The molecule has 0 aliphatic heterocycles. The predicted molar refractivity (Wildman–Crippen MR) is 92.2 cm³/mol. The Bertz CT molecular complexity index is 692. The van der Waals surface area contributed by atoms with Gasteiger partial charge in [0, 0.05) is 22.1 Å². The van der Waals surface area contributed by atoms with E-state index < -0.39 is 6.10 Å². The van der Waals surface area contributed by atoms with Crippen molar-refractivity contribution in [2.24, 2.45) is 0 Å².